The predicted molar refractivity (Wildman–Crippen MR) is 345 cm³/mol. The van der Waals surface area contributed by atoms with Gasteiger partial charge in [0.25, 0.3) is 0 Å². The van der Waals surface area contributed by atoms with E-state index >= 15 is 0 Å². The first-order valence-electron chi connectivity index (χ1n) is 30.5. The van der Waals surface area contributed by atoms with Gasteiger partial charge in [-0.25, -0.2) is 0 Å². The lowest BCUT2D eigenvalue weighted by molar-refractivity contribution is 0.0757. The molecule has 7 atom stereocenters. The monoisotopic (exact) mass is 1040 g/mol. The molecule has 0 amide bonds. The lowest BCUT2D eigenvalue weighted by Gasteiger charge is -2.58. The highest BCUT2D eigenvalue weighted by molar-refractivity contribution is 5.49. The van der Waals surface area contributed by atoms with Crippen LogP contribution in [0, 0.1) is 40.9 Å². The zero-order valence-electron chi connectivity index (χ0n) is 51.2. The van der Waals surface area contributed by atoms with Crippen LogP contribution in [0.25, 0.3) is 0 Å². The minimum Gasteiger partial charge on any atom is -0.377 e. The molecular weight excluding hydrogens is 921 g/mol. The van der Waals surface area contributed by atoms with E-state index in [0.717, 1.165) is 135 Å². The van der Waals surface area contributed by atoms with Gasteiger partial charge in [0, 0.05) is 23.2 Å². The van der Waals surface area contributed by atoms with Crippen LogP contribution in [0.4, 0.5) is 0 Å². The Morgan fingerprint density at radius 1 is 0.487 bits per heavy atom. The van der Waals surface area contributed by atoms with Crippen molar-refractivity contribution in [3.8, 4) is 0 Å². The molecule has 0 saturated carbocycles. The standard InChI is InChI=1S/C74H117O2/c1-15-29-42-54-65(50-34-20-6)72(66(51-35-21-7)55-43-30-16-2)74(68(56-38-24-10)57-39-25-11,69(58-40-26-12)59-44-31-17-3)73(67(52-36-22-8)53-37-23-9)71(64(48-27-13)49-33-19-5)70(76-61-28-14)60-45-41-47-63-75-62-46-32-18-4/h15-16,18-20,22,24-28,30,32-34,36-37,39-41,44,47-48,51,53,59,64-65,67-70H,1,10,14,17,21,23,29,31,35,38,42-43,45-46,49-50,52,54-58,60-63H2,2-9,11-13H3/b30-16+,32-18-,33-19+,34-20+,36-22+,39-25+,40-26+,47-41+,48-27+,53-37+,59-44+,66-51?,73-71+. The Morgan fingerprint density at radius 2 is 1.12 bits per heavy atom. The number of allylic oxidation sites excluding steroid dienone is 25. The van der Waals surface area contributed by atoms with Gasteiger partial charge in [0.1, 0.15) is 0 Å². The first-order valence-corrected chi connectivity index (χ1v) is 30.5. The second-order valence-corrected chi connectivity index (χ2v) is 20.3. The van der Waals surface area contributed by atoms with Crippen LogP contribution in [0.1, 0.15) is 205 Å². The second-order valence-electron chi connectivity index (χ2n) is 20.3. The van der Waals surface area contributed by atoms with Crippen molar-refractivity contribution in [2.75, 3.05) is 19.8 Å². The smallest absolute Gasteiger partial charge is 0.0801 e. The topological polar surface area (TPSA) is 18.5 Å². The Kier molecular flexibility index (Phi) is 47.5. The fourth-order valence-corrected chi connectivity index (χ4v) is 11.2. The highest BCUT2D eigenvalue weighted by Crippen LogP contribution is 2.65. The Balaban J connectivity index is 11.1. The Morgan fingerprint density at radius 3 is 1.74 bits per heavy atom. The molecule has 0 aromatic heterocycles. The van der Waals surface area contributed by atoms with E-state index in [1.54, 1.807) is 17.1 Å². The maximum atomic E-state index is 7.49. The number of hydrogen-bond acceptors (Lipinski definition) is 2. The molecule has 0 spiro atoms. The maximum absolute atomic E-state index is 7.49. The van der Waals surface area contributed by atoms with E-state index in [1.807, 2.05) is 6.08 Å². The van der Waals surface area contributed by atoms with E-state index in [2.05, 4.69) is 248 Å². The summed E-state index contributed by atoms with van der Waals surface area (Å²) in [5.74, 6) is 2.40. The first-order chi connectivity index (χ1) is 37.3. The summed E-state index contributed by atoms with van der Waals surface area (Å²) in [7, 11) is 0. The van der Waals surface area contributed by atoms with Gasteiger partial charge in [-0.1, -0.05) is 203 Å². The molecule has 0 aliphatic carbocycles. The molecule has 0 bridgehead atoms. The van der Waals surface area contributed by atoms with E-state index in [0.29, 0.717) is 13.2 Å². The quantitative estimate of drug-likeness (QED) is 0.0447. The molecule has 425 valence electrons. The summed E-state index contributed by atoms with van der Waals surface area (Å²) in [4.78, 5) is 0. The van der Waals surface area contributed by atoms with Crippen molar-refractivity contribution in [3.63, 3.8) is 0 Å². The lowest BCUT2D eigenvalue weighted by Crippen LogP contribution is -2.51. The van der Waals surface area contributed by atoms with Crippen molar-refractivity contribution in [2.45, 2.75) is 211 Å². The van der Waals surface area contributed by atoms with E-state index in [9.17, 15) is 0 Å². The van der Waals surface area contributed by atoms with Gasteiger partial charge >= 0.3 is 0 Å². The Labute approximate surface area is 473 Å². The highest BCUT2D eigenvalue weighted by atomic mass is 16.5. The molecule has 0 aliphatic heterocycles. The minimum atomic E-state index is -0.496. The van der Waals surface area contributed by atoms with Gasteiger partial charge in [-0.15, -0.1) is 19.7 Å². The summed E-state index contributed by atoms with van der Waals surface area (Å²) in [5, 5.41) is 0. The van der Waals surface area contributed by atoms with E-state index in [1.165, 1.54) is 5.57 Å². The number of unbranched alkanes of at least 4 members (excludes halogenated alkanes) is 3. The molecule has 0 aromatic rings. The number of hydrogen-bond donors (Lipinski definition) is 0. The Bertz CT molecular complexity index is 1860. The second kappa shape index (κ2) is 50.3. The molecule has 2 nitrogen and oxygen atoms in total. The van der Waals surface area contributed by atoms with Crippen LogP contribution in [0.2, 0.25) is 0 Å². The minimum absolute atomic E-state index is 0.0679. The van der Waals surface area contributed by atoms with Crippen LogP contribution in [-0.2, 0) is 9.47 Å². The number of ether oxygens (including phenoxy) is 2. The molecule has 0 fully saturated rings. The van der Waals surface area contributed by atoms with E-state index < -0.39 is 5.41 Å². The van der Waals surface area contributed by atoms with Gasteiger partial charge in [0.15, 0.2) is 0 Å². The van der Waals surface area contributed by atoms with Gasteiger partial charge < -0.3 is 9.47 Å². The normalized spacial score (nSPS) is 16.9. The summed E-state index contributed by atoms with van der Waals surface area (Å²) in [5.41, 5.74) is 4.11. The Hall–Kier alpha value is -4.24. The average Bonchev–Trinajstić information content (AvgIpc) is 3.43. The third-order valence-electron chi connectivity index (χ3n) is 14.6. The van der Waals surface area contributed by atoms with Gasteiger partial charge in [0.05, 0.1) is 25.9 Å². The van der Waals surface area contributed by atoms with Crippen LogP contribution in [0.15, 0.2) is 194 Å². The van der Waals surface area contributed by atoms with Crippen molar-refractivity contribution in [1.82, 2.24) is 0 Å². The fourth-order valence-electron chi connectivity index (χ4n) is 11.2. The summed E-state index contributed by atoms with van der Waals surface area (Å²) < 4.78 is 13.6. The first kappa shape index (κ1) is 71.8. The molecule has 76 heavy (non-hydrogen) atoms. The molecule has 1 radical (unpaired) electrons. The lowest BCUT2D eigenvalue weighted by atomic mass is 9.45. The molecule has 7 unspecified atom stereocenters. The summed E-state index contributed by atoms with van der Waals surface area (Å²) in [6.45, 7) is 39.4. The van der Waals surface area contributed by atoms with Crippen molar-refractivity contribution < 1.29 is 9.47 Å². The molecule has 0 aliphatic rings. The summed E-state index contributed by atoms with van der Waals surface area (Å²) in [6, 6.07) is 0. The maximum Gasteiger partial charge on any atom is 0.0801 e. The molecule has 0 saturated heterocycles. The molecule has 2 heteroatoms. The molecule has 0 rings (SSSR count). The van der Waals surface area contributed by atoms with Crippen molar-refractivity contribution in [3.05, 3.63) is 200 Å². The van der Waals surface area contributed by atoms with Crippen molar-refractivity contribution in [2.24, 2.45) is 35.0 Å². The molecule has 0 N–H and O–H groups in total. The molecule has 0 aromatic carbocycles. The van der Waals surface area contributed by atoms with Gasteiger partial charge in [-0.2, -0.15) is 0 Å². The third-order valence-corrected chi connectivity index (χ3v) is 14.6. The van der Waals surface area contributed by atoms with Crippen LogP contribution >= 0.6 is 0 Å². The summed E-state index contributed by atoms with van der Waals surface area (Å²) >= 11 is 0. The van der Waals surface area contributed by atoms with E-state index in [-0.39, 0.29) is 35.7 Å². The van der Waals surface area contributed by atoms with Crippen molar-refractivity contribution >= 4 is 0 Å². The van der Waals surface area contributed by atoms with Crippen LogP contribution in [0.3, 0.4) is 0 Å². The van der Waals surface area contributed by atoms with Crippen LogP contribution < -0.4 is 0 Å². The third kappa shape index (κ3) is 27.9. The average molecular weight is 1040 g/mol. The zero-order chi connectivity index (χ0) is 56.3. The molecule has 0 heterocycles. The van der Waals surface area contributed by atoms with E-state index in [4.69, 9.17) is 9.47 Å². The zero-order valence-corrected chi connectivity index (χ0v) is 51.2. The largest absolute Gasteiger partial charge is 0.377 e. The SMILES string of the molecule is C=CCCCC(C/C=C/C)[C](C(=CCCC)CC/C=C/C)C(/C(=C(\C(/C=C/C)C/C=C/C)C(CC/C=C/COCC/C=C\C)OCC=C)C(/C=C/CC)C/C=C/C)(C(/C=C/CCC)C/C=C/C)C(C/C=C/C)CCC=C. The van der Waals surface area contributed by atoms with Gasteiger partial charge in [0.2, 0.25) is 0 Å². The summed E-state index contributed by atoms with van der Waals surface area (Å²) in [6.07, 6.45) is 81.0. The predicted octanol–water partition coefficient (Wildman–Crippen LogP) is 23.0. The fraction of sp³-hybridized carbons (Fsp3) is 0.554. The van der Waals surface area contributed by atoms with Gasteiger partial charge in [-0.3, -0.25) is 0 Å². The highest BCUT2D eigenvalue weighted by Gasteiger charge is 2.57. The number of rotatable bonds is 48. The molecular formula is C74H117O2. The van der Waals surface area contributed by atoms with Gasteiger partial charge in [-0.05, 0) is 194 Å². The van der Waals surface area contributed by atoms with Crippen LogP contribution in [0.5, 0.6) is 0 Å². The van der Waals surface area contributed by atoms with Crippen LogP contribution in [-0.4, -0.2) is 25.9 Å². The van der Waals surface area contributed by atoms with Crippen molar-refractivity contribution in [1.29, 1.82) is 0 Å².